The van der Waals surface area contributed by atoms with Gasteiger partial charge in [0, 0.05) is 5.92 Å². The van der Waals surface area contributed by atoms with Crippen molar-refractivity contribution in [2.75, 3.05) is 13.1 Å². The Balaban J connectivity index is 2.47. The molecule has 15 heavy (non-hydrogen) atoms. The molecule has 1 atom stereocenters. The third-order valence-corrected chi connectivity index (χ3v) is 2.95. The van der Waals surface area contributed by atoms with Crippen molar-refractivity contribution >= 4 is 5.91 Å². The van der Waals surface area contributed by atoms with Gasteiger partial charge in [-0.25, -0.2) is 0 Å². The highest BCUT2D eigenvalue weighted by Gasteiger charge is 2.41. The molecule has 0 aliphatic carbocycles. The molecule has 0 aromatic carbocycles. The Morgan fingerprint density at radius 3 is 2.20 bits per heavy atom. The number of primary amides is 1. The van der Waals surface area contributed by atoms with Crippen molar-refractivity contribution in [3.8, 4) is 0 Å². The Bertz CT molecular complexity index is 234. The van der Waals surface area contributed by atoms with E-state index in [9.17, 15) is 18.0 Å². The highest BCUT2D eigenvalue weighted by atomic mass is 19.4. The van der Waals surface area contributed by atoms with Gasteiger partial charge in [0.05, 0.1) is 0 Å². The molecule has 1 heterocycles. The molecule has 0 aromatic rings. The second-order valence-electron chi connectivity index (χ2n) is 3.93. The average Bonchev–Trinajstić information content (AvgIpc) is 2.15. The van der Waals surface area contributed by atoms with Crippen LogP contribution in [0.5, 0.6) is 0 Å². The van der Waals surface area contributed by atoms with Gasteiger partial charge in [-0.2, -0.15) is 13.2 Å². The zero-order valence-corrected chi connectivity index (χ0v) is 8.55. The molecule has 1 saturated heterocycles. The molecule has 1 rings (SSSR count). The lowest BCUT2D eigenvalue weighted by molar-refractivity contribution is -0.182. The highest BCUT2D eigenvalue weighted by molar-refractivity contribution is 5.76. The number of carbonyl (C=O) groups excluding carboxylic acids is 1. The predicted octanol–water partition coefficient (Wildman–Crippen LogP) is 1.13. The minimum Gasteiger partial charge on any atom is -0.369 e. The molecular formula is C9H15F3N2O. The maximum Gasteiger partial charge on any atom is 0.403 e. The van der Waals surface area contributed by atoms with Crippen molar-refractivity contribution in [1.29, 1.82) is 0 Å². The summed E-state index contributed by atoms with van der Waals surface area (Å²) >= 11 is 0. The summed E-state index contributed by atoms with van der Waals surface area (Å²) in [5.74, 6) is -0.670. The normalized spacial score (nSPS) is 22.7. The first kappa shape index (κ1) is 12.3. The highest BCUT2D eigenvalue weighted by Crippen LogP contribution is 2.28. The van der Waals surface area contributed by atoms with Crippen molar-refractivity contribution in [2.45, 2.75) is 32.0 Å². The van der Waals surface area contributed by atoms with Gasteiger partial charge in [-0.15, -0.1) is 0 Å². The lowest BCUT2D eigenvalue weighted by Gasteiger charge is -2.35. The third-order valence-electron chi connectivity index (χ3n) is 2.95. The number of hydrogen-bond acceptors (Lipinski definition) is 2. The number of rotatable bonds is 2. The van der Waals surface area contributed by atoms with Crippen LogP contribution in [0.15, 0.2) is 0 Å². The number of carbonyl (C=O) groups is 1. The zero-order chi connectivity index (χ0) is 11.6. The standard InChI is InChI=1S/C9H15F3N2O/c1-6(9(10,11)12)14-4-2-7(3-5-14)8(13)15/h6-7H,2-5H2,1H3,(H2,13,15). The average molecular weight is 224 g/mol. The number of alkyl halides is 3. The van der Waals surface area contributed by atoms with Gasteiger partial charge in [0.2, 0.25) is 5.91 Å². The van der Waals surface area contributed by atoms with Gasteiger partial charge in [0.1, 0.15) is 6.04 Å². The molecular weight excluding hydrogens is 209 g/mol. The first-order valence-corrected chi connectivity index (χ1v) is 4.92. The van der Waals surface area contributed by atoms with Gasteiger partial charge < -0.3 is 5.73 Å². The zero-order valence-electron chi connectivity index (χ0n) is 8.55. The molecule has 1 unspecified atom stereocenters. The minimum absolute atomic E-state index is 0.262. The van der Waals surface area contributed by atoms with Crippen LogP contribution in [0.2, 0.25) is 0 Å². The van der Waals surface area contributed by atoms with Crippen LogP contribution >= 0.6 is 0 Å². The lowest BCUT2D eigenvalue weighted by atomic mass is 9.95. The quantitative estimate of drug-likeness (QED) is 0.764. The fourth-order valence-electron chi connectivity index (χ4n) is 1.78. The van der Waals surface area contributed by atoms with E-state index in [1.54, 1.807) is 0 Å². The van der Waals surface area contributed by atoms with Crippen LogP contribution in [-0.4, -0.2) is 36.1 Å². The van der Waals surface area contributed by atoms with Crippen molar-refractivity contribution in [1.82, 2.24) is 4.90 Å². The number of likely N-dealkylation sites (tertiary alicyclic amines) is 1. The Labute approximate surface area is 86.4 Å². The summed E-state index contributed by atoms with van der Waals surface area (Å²) in [6.45, 7) is 1.72. The van der Waals surface area contributed by atoms with E-state index in [0.29, 0.717) is 12.8 Å². The van der Waals surface area contributed by atoms with Crippen LogP contribution in [-0.2, 0) is 4.79 Å². The largest absolute Gasteiger partial charge is 0.403 e. The maximum atomic E-state index is 12.4. The number of halogens is 3. The van der Waals surface area contributed by atoms with Crippen LogP contribution in [0, 0.1) is 5.92 Å². The SMILES string of the molecule is CC(N1CCC(C(N)=O)CC1)C(F)(F)F. The van der Waals surface area contributed by atoms with Crippen LogP contribution in [0.3, 0.4) is 0 Å². The molecule has 3 nitrogen and oxygen atoms in total. The van der Waals surface area contributed by atoms with Crippen molar-refractivity contribution in [2.24, 2.45) is 11.7 Å². The van der Waals surface area contributed by atoms with Gasteiger partial charge in [-0.3, -0.25) is 9.69 Å². The second-order valence-corrected chi connectivity index (χ2v) is 3.93. The van der Waals surface area contributed by atoms with E-state index in [0.717, 1.165) is 6.92 Å². The molecule has 0 aromatic heterocycles. The van der Waals surface area contributed by atoms with Crippen LogP contribution < -0.4 is 5.73 Å². The molecule has 1 fully saturated rings. The van der Waals surface area contributed by atoms with Gasteiger partial charge in [-0.05, 0) is 32.9 Å². The maximum absolute atomic E-state index is 12.4. The van der Waals surface area contributed by atoms with E-state index in [1.807, 2.05) is 0 Å². The topological polar surface area (TPSA) is 46.3 Å². The first-order valence-electron chi connectivity index (χ1n) is 4.92. The summed E-state index contributed by atoms with van der Waals surface area (Å²) < 4.78 is 37.1. The molecule has 0 spiro atoms. The van der Waals surface area contributed by atoms with Crippen molar-refractivity contribution < 1.29 is 18.0 Å². The van der Waals surface area contributed by atoms with Crippen LogP contribution in [0.25, 0.3) is 0 Å². The number of nitrogens with zero attached hydrogens (tertiary/aromatic N) is 1. The van der Waals surface area contributed by atoms with Gasteiger partial charge in [0.15, 0.2) is 0 Å². The summed E-state index contributed by atoms with van der Waals surface area (Å²) in [6.07, 6.45) is -3.34. The van der Waals surface area contributed by atoms with Gasteiger partial charge >= 0.3 is 6.18 Å². The van der Waals surface area contributed by atoms with Gasteiger partial charge in [-0.1, -0.05) is 0 Å². The van der Waals surface area contributed by atoms with Crippen molar-refractivity contribution in [3.05, 3.63) is 0 Å². The summed E-state index contributed by atoms with van der Waals surface area (Å²) in [5, 5.41) is 0. The van der Waals surface area contributed by atoms with E-state index in [4.69, 9.17) is 5.73 Å². The van der Waals surface area contributed by atoms with Crippen LogP contribution in [0.4, 0.5) is 13.2 Å². The van der Waals surface area contributed by atoms with E-state index >= 15 is 0 Å². The fourth-order valence-corrected chi connectivity index (χ4v) is 1.78. The third kappa shape index (κ3) is 3.09. The molecule has 0 saturated carbocycles. The minimum atomic E-state index is -4.19. The summed E-state index contributed by atoms with van der Waals surface area (Å²) in [5.41, 5.74) is 5.09. The van der Waals surface area contributed by atoms with E-state index in [1.165, 1.54) is 4.90 Å². The van der Waals surface area contributed by atoms with Gasteiger partial charge in [0.25, 0.3) is 0 Å². The number of nitrogens with two attached hydrogens (primary N) is 1. The molecule has 6 heteroatoms. The molecule has 88 valence electrons. The summed E-state index contributed by atoms with van der Waals surface area (Å²) in [4.78, 5) is 12.2. The Morgan fingerprint density at radius 2 is 1.87 bits per heavy atom. The van der Waals surface area contributed by atoms with Crippen molar-refractivity contribution in [3.63, 3.8) is 0 Å². The molecule has 1 amide bonds. The smallest absolute Gasteiger partial charge is 0.369 e. The number of hydrogen-bond donors (Lipinski definition) is 1. The summed E-state index contributed by atoms with van der Waals surface area (Å²) in [7, 11) is 0. The second kappa shape index (κ2) is 4.38. The fraction of sp³-hybridized carbons (Fsp3) is 0.889. The monoisotopic (exact) mass is 224 g/mol. The molecule has 0 radical (unpaired) electrons. The summed E-state index contributed by atoms with van der Waals surface area (Å²) in [6, 6.07) is -1.44. The molecule has 2 N–H and O–H groups in total. The lowest BCUT2D eigenvalue weighted by Crippen LogP contribution is -2.48. The van der Waals surface area contributed by atoms with E-state index < -0.39 is 18.1 Å². The Hall–Kier alpha value is -0.780. The number of piperidine rings is 1. The number of amides is 1. The molecule has 0 bridgehead atoms. The Kier molecular flexibility index (Phi) is 3.59. The van der Waals surface area contributed by atoms with E-state index in [2.05, 4.69) is 0 Å². The molecule has 1 aliphatic heterocycles. The first-order chi connectivity index (χ1) is 6.82. The Morgan fingerprint density at radius 1 is 1.40 bits per heavy atom. The molecule has 1 aliphatic rings. The predicted molar refractivity (Wildman–Crippen MR) is 49.0 cm³/mol. The van der Waals surface area contributed by atoms with E-state index in [-0.39, 0.29) is 19.0 Å². The van der Waals surface area contributed by atoms with Crippen LogP contribution in [0.1, 0.15) is 19.8 Å².